The van der Waals surface area contributed by atoms with E-state index in [-0.39, 0.29) is 17.4 Å². The normalized spacial score (nSPS) is 18.2. The summed E-state index contributed by atoms with van der Waals surface area (Å²) in [4.78, 5) is 34.8. The van der Waals surface area contributed by atoms with Crippen molar-refractivity contribution in [2.45, 2.75) is 91.1 Å². The van der Waals surface area contributed by atoms with Crippen LogP contribution in [-0.4, -0.2) is 65.9 Å². The van der Waals surface area contributed by atoms with E-state index in [0.717, 1.165) is 53.1 Å². The van der Waals surface area contributed by atoms with Crippen LogP contribution in [0.3, 0.4) is 0 Å². The van der Waals surface area contributed by atoms with Gasteiger partial charge in [0.15, 0.2) is 0 Å². The number of benzene rings is 1. The molecule has 0 saturated carbocycles. The van der Waals surface area contributed by atoms with Gasteiger partial charge in [-0.1, -0.05) is 43.2 Å². The molecule has 260 valence electrons. The molecule has 0 bridgehead atoms. The number of ether oxygens (including phenoxy) is 1. The van der Waals surface area contributed by atoms with Crippen LogP contribution in [0.4, 0.5) is 19.8 Å². The quantitative estimate of drug-likeness (QED) is 0.199. The molecule has 0 spiro atoms. The number of hydrogen-bond acceptors (Lipinski definition) is 5. The van der Waals surface area contributed by atoms with Crippen LogP contribution in [0.1, 0.15) is 81.1 Å². The average Bonchev–Trinajstić information content (AvgIpc) is 3.55. The lowest BCUT2D eigenvalue weighted by Gasteiger charge is -2.31. The van der Waals surface area contributed by atoms with Gasteiger partial charge in [0.1, 0.15) is 22.9 Å². The minimum atomic E-state index is -0.845. The molecule has 49 heavy (non-hydrogen) atoms. The van der Waals surface area contributed by atoms with Crippen molar-refractivity contribution < 1.29 is 23.8 Å². The fourth-order valence-corrected chi connectivity index (χ4v) is 7.14. The Hall–Kier alpha value is -4.51. The number of anilines is 1. The molecule has 0 radical (unpaired) electrons. The van der Waals surface area contributed by atoms with E-state index in [1.807, 2.05) is 37.5 Å². The summed E-state index contributed by atoms with van der Waals surface area (Å²) in [5.74, 6) is 0.685. The molecule has 0 fully saturated rings. The average molecular weight is 691 g/mol. The van der Waals surface area contributed by atoms with Crippen LogP contribution in [0.25, 0.3) is 17.1 Å². The summed E-state index contributed by atoms with van der Waals surface area (Å²) < 4.78 is 22.0. The van der Waals surface area contributed by atoms with Crippen molar-refractivity contribution >= 4 is 46.7 Å². The molecular formula is C37H44ClFN6O4. The maximum absolute atomic E-state index is 14.5. The van der Waals surface area contributed by atoms with Crippen molar-refractivity contribution in [1.82, 2.24) is 24.3 Å². The Balaban J connectivity index is 0.000000182. The van der Waals surface area contributed by atoms with Crippen molar-refractivity contribution in [2.24, 2.45) is 0 Å². The van der Waals surface area contributed by atoms with Gasteiger partial charge in [-0.15, -0.1) is 0 Å². The molecule has 0 saturated heterocycles. The van der Waals surface area contributed by atoms with Gasteiger partial charge < -0.3 is 34.5 Å². The summed E-state index contributed by atoms with van der Waals surface area (Å²) in [5, 5.41) is 14.1. The number of fused-ring (bicyclic) bond motifs is 6. The minimum absolute atomic E-state index is 0.0122. The lowest BCUT2D eigenvalue weighted by atomic mass is 9.90. The highest BCUT2D eigenvalue weighted by atomic mass is 35.5. The summed E-state index contributed by atoms with van der Waals surface area (Å²) in [6, 6.07) is 8.61. The number of carboxylic acid groups (broad SMARTS) is 1. The second-order valence-corrected chi connectivity index (χ2v) is 14.7. The zero-order chi connectivity index (χ0) is 35.1. The van der Waals surface area contributed by atoms with Gasteiger partial charge in [0.05, 0.1) is 25.2 Å². The summed E-state index contributed by atoms with van der Waals surface area (Å²) in [6.45, 7) is 12.2. The van der Waals surface area contributed by atoms with Crippen LogP contribution in [0, 0.1) is 5.82 Å². The zero-order valence-corrected chi connectivity index (χ0v) is 29.5. The van der Waals surface area contributed by atoms with Crippen molar-refractivity contribution in [2.75, 3.05) is 18.4 Å². The molecular weight excluding hydrogens is 647 g/mol. The number of carbonyl (C=O) groups excluding carboxylic acids is 1. The maximum Gasteiger partial charge on any atom is 0.410 e. The number of carbonyl (C=O) groups is 2. The SMILES string of the molecule is CC(C)(C)OC(=O)N1CCc2c(n(Cc3ccc(Cl)cc3F)c3ncccc23)C1.CCCC1(C)C=Cc2c([nH]c3c2CCN(C(=O)O)C3)N1. The Morgan fingerprint density at radius 3 is 2.59 bits per heavy atom. The fraction of sp³-hybridized carbons (Fsp3) is 0.432. The largest absolute Gasteiger partial charge is 0.465 e. The molecule has 0 aliphatic carbocycles. The van der Waals surface area contributed by atoms with Crippen LogP contribution >= 0.6 is 11.6 Å². The highest BCUT2D eigenvalue weighted by Crippen LogP contribution is 2.36. The zero-order valence-electron chi connectivity index (χ0n) is 28.7. The molecule has 6 heterocycles. The van der Waals surface area contributed by atoms with E-state index in [2.05, 4.69) is 41.3 Å². The molecule has 2 amide bonds. The van der Waals surface area contributed by atoms with E-state index in [9.17, 15) is 14.0 Å². The molecule has 10 nitrogen and oxygen atoms in total. The van der Waals surface area contributed by atoms with Crippen molar-refractivity contribution in [3.63, 3.8) is 0 Å². The fourth-order valence-electron chi connectivity index (χ4n) is 6.98. The molecule has 1 atom stereocenters. The second kappa shape index (κ2) is 13.4. The predicted octanol–water partition coefficient (Wildman–Crippen LogP) is 8.22. The number of halogens is 2. The molecule has 4 aromatic rings. The highest BCUT2D eigenvalue weighted by molar-refractivity contribution is 6.30. The minimum Gasteiger partial charge on any atom is -0.465 e. The number of aromatic amines is 1. The monoisotopic (exact) mass is 690 g/mol. The lowest BCUT2D eigenvalue weighted by Crippen LogP contribution is -2.40. The topological polar surface area (TPSA) is 116 Å². The Labute approximate surface area is 290 Å². The third-order valence-corrected chi connectivity index (χ3v) is 9.53. The Morgan fingerprint density at radius 2 is 1.88 bits per heavy atom. The summed E-state index contributed by atoms with van der Waals surface area (Å²) in [7, 11) is 0. The number of hydrogen-bond donors (Lipinski definition) is 3. The molecule has 3 aliphatic rings. The summed E-state index contributed by atoms with van der Waals surface area (Å²) in [6.07, 6.45) is 8.65. The van der Waals surface area contributed by atoms with Crippen LogP contribution in [-0.2, 0) is 37.2 Å². The molecule has 3 N–H and O–H groups in total. The number of nitrogens with one attached hydrogen (secondary N) is 2. The first-order chi connectivity index (χ1) is 23.2. The first-order valence-corrected chi connectivity index (χ1v) is 17.2. The highest BCUT2D eigenvalue weighted by Gasteiger charge is 2.32. The lowest BCUT2D eigenvalue weighted by molar-refractivity contribution is 0.0219. The van der Waals surface area contributed by atoms with Gasteiger partial charge in [0.25, 0.3) is 0 Å². The van der Waals surface area contributed by atoms with Gasteiger partial charge in [-0.2, -0.15) is 0 Å². The Kier molecular flexibility index (Phi) is 9.41. The van der Waals surface area contributed by atoms with Crippen LogP contribution < -0.4 is 5.32 Å². The van der Waals surface area contributed by atoms with Crippen molar-refractivity contribution in [3.8, 4) is 0 Å². The number of rotatable bonds is 4. The van der Waals surface area contributed by atoms with Gasteiger partial charge in [0, 0.05) is 52.2 Å². The van der Waals surface area contributed by atoms with Gasteiger partial charge in [0.2, 0.25) is 0 Å². The number of pyridine rings is 1. The Bertz CT molecular complexity index is 1930. The first-order valence-electron chi connectivity index (χ1n) is 16.8. The molecule has 3 aromatic heterocycles. The molecule has 1 unspecified atom stereocenters. The second-order valence-electron chi connectivity index (χ2n) is 14.2. The molecule has 1 aromatic carbocycles. The maximum atomic E-state index is 14.5. The van der Waals surface area contributed by atoms with E-state index in [1.165, 1.54) is 22.1 Å². The smallest absolute Gasteiger partial charge is 0.410 e. The summed E-state index contributed by atoms with van der Waals surface area (Å²) >= 11 is 5.90. The summed E-state index contributed by atoms with van der Waals surface area (Å²) in [5.41, 5.74) is 6.36. The molecule has 3 aliphatic heterocycles. The first kappa shape index (κ1) is 34.4. The molecule has 7 rings (SSSR count). The van der Waals surface area contributed by atoms with E-state index in [0.29, 0.717) is 49.7 Å². The van der Waals surface area contributed by atoms with E-state index in [1.54, 1.807) is 23.2 Å². The number of H-pyrrole nitrogens is 1. The van der Waals surface area contributed by atoms with Gasteiger partial charge in [-0.3, -0.25) is 0 Å². The Morgan fingerprint density at radius 1 is 1.12 bits per heavy atom. The van der Waals surface area contributed by atoms with E-state index >= 15 is 0 Å². The van der Waals surface area contributed by atoms with Gasteiger partial charge in [-0.25, -0.2) is 19.0 Å². The van der Waals surface area contributed by atoms with E-state index in [4.69, 9.17) is 21.4 Å². The predicted molar refractivity (Wildman–Crippen MR) is 189 cm³/mol. The molecule has 12 heteroatoms. The van der Waals surface area contributed by atoms with E-state index < -0.39 is 11.7 Å². The third-order valence-electron chi connectivity index (χ3n) is 9.29. The van der Waals surface area contributed by atoms with Gasteiger partial charge in [-0.05, 0) is 82.3 Å². The van der Waals surface area contributed by atoms with Crippen LogP contribution in [0.2, 0.25) is 5.02 Å². The standard InChI is InChI=1S/C22H23ClFN3O2.C15H21N3O2/c1-22(2,3)29-21(28)26-10-8-16-17-5-4-9-25-20(17)27(19(16)13-26)12-14-6-7-15(23)11-18(14)24;1-3-6-15(2)7-4-11-10-5-8-18(14(19)20)9-12(10)16-13(11)17-15/h4-7,9,11H,8,10,12-13H2,1-3H3;4,7,16-17H,3,5-6,8-9H2,1-2H3,(H,19,20). The third kappa shape index (κ3) is 7.27. The van der Waals surface area contributed by atoms with Gasteiger partial charge >= 0.3 is 12.2 Å². The number of nitrogens with zero attached hydrogens (tertiary/aromatic N) is 4. The van der Waals surface area contributed by atoms with Crippen LogP contribution in [0.15, 0.2) is 42.6 Å². The van der Waals surface area contributed by atoms with Crippen molar-refractivity contribution in [3.05, 3.63) is 87.1 Å². The number of aromatic nitrogens is 3. The number of amides is 2. The van der Waals surface area contributed by atoms with Crippen molar-refractivity contribution in [1.29, 1.82) is 0 Å². The van der Waals surface area contributed by atoms with Crippen LogP contribution in [0.5, 0.6) is 0 Å².